The first-order chi connectivity index (χ1) is 20.1. The number of aliphatic hydroxyl groups excluding tert-OH is 1. The Hall–Kier alpha value is -3.98. The number of hydrogen-bond acceptors (Lipinski definition) is 7. The Morgan fingerprint density at radius 1 is 0.952 bits per heavy atom. The van der Waals surface area contributed by atoms with Crippen molar-refractivity contribution in [1.82, 2.24) is 10.2 Å². The van der Waals surface area contributed by atoms with Crippen molar-refractivity contribution in [1.29, 1.82) is 0 Å². The van der Waals surface area contributed by atoms with Gasteiger partial charge in [0.2, 0.25) is 11.8 Å². The summed E-state index contributed by atoms with van der Waals surface area (Å²) < 4.78 is 11.3. The molecule has 0 radical (unpaired) electrons. The first-order valence-electron chi connectivity index (χ1n) is 14.4. The lowest BCUT2D eigenvalue weighted by atomic mass is 9.96. The Morgan fingerprint density at radius 2 is 1.57 bits per heavy atom. The van der Waals surface area contributed by atoms with Gasteiger partial charge < -0.3 is 24.8 Å². The van der Waals surface area contributed by atoms with Crippen LogP contribution in [0.5, 0.6) is 0 Å². The minimum atomic E-state index is -0.785. The third kappa shape index (κ3) is 10.8. The molecule has 0 fully saturated rings. The molecule has 3 rings (SSSR count). The number of allylic oxidation sites excluding steroid dienone is 2. The van der Waals surface area contributed by atoms with E-state index >= 15 is 0 Å². The van der Waals surface area contributed by atoms with Crippen LogP contribution in [0.2, 0.25) is 0 Å². The Kier molecular flexibility index (Phi) is 12.3. The lowest BCUT2D eigenvalue weighted by Gasteiger charge is -2.26. The van der Waals surface area contributed by atoms with E-state index in [9.17, 15) is 24.3 Å². The van der Waals surface area contributed by atoms with Crippen LogP contribution in [0.3, 0.4) is 0 Å². The first kappa shape index (κ1) is 32.5. The molecule has 0 unspecified atom stereocenters. The van der Waals surface area contributed by atoms with Gasteiger partial charge in [-0.2, -0.15) is 0 Å². The number of nitrogens with one attached hydrogen (secondary N) is 1. The average molecular weight is 579 g/mol. The van der Waals surface area contributed by atoms with Gasteiger partial charge in [-0.15, -0.1) is 0 Å². The normalized spacial score (nSPS) is 20.7. The minimum Gasteiger partial charge on any atom is -0.460 e. The number of cyclic esters (lactones) is 1. The summed E-state index contributed by atoms with van der Waals surface area (Å²) in [5, 5.41) is 12.5. The standard InChI is InChI=1S/C33H42N2O7/c1-33(2,3)42-30(38)21-27-17-11-10-16-26(20-29(37)35(18-19-36)23-24-12-6-4-7-13-24)31(39)34-22-28(41-32(27)40)25-14-8-5-9-15-25/h4-15,26-28,36H,16-23H2,1-3H3,(H,34,39)/b11-10-/t26-,27+,28-/m0/s1. The van der Waals surface area contributed by atoms with Gasteiger partial charge in [0, 0.05) is 19.5 Å². The summed E-state index contributed by atoms with van der Waals surface area (Å²) in [6.45, 7) is 5.58. The van der Waals surface area contributed by atoms with Gasteiger partial charge in [0.05, 0.1) is 31.4 Å². The molecule has 9 heteroatoms. The third-order valence-corrected chi connectivity index (χ3v) is 6.80. The number of carbonyl (C=O) groups excluding carboxylic acids is 4. The largest absolute Gasteiger partial charge is 0.460 e. The van der Waals surface area contributed by atoms with E-state index < -0.39 is 35.5 Å². The van der Waals surface area contributed by atoms with E-state index in [-0.39, 0.29) is 57.2 Å². The van der Waals surface area contributed by atoms with Gasteiger partial charge in [-0.3, -0.25) is 19.2 Å². The molecule has 0 aliphatic carbocycles. The van der Waals surface area contributed by atoms with Crippen LogP contribution in [0.1, 0.15) is 63.7 Å². The average Bonchev–Trinajstić information content (AvgIpc) is 2.95. The van der Waals surface area contributed by atoms with Gasteiger partial charge >= 0.3 is 11.9 Å². The molecule has 2 aromatic rings. The van der Waals surface area contributed by atoms with Gasteiger partial charge in [-0.25, -0.2) is 0 Å². The molecule has 1 aliphatic heterocycles. The van der Waals surface area contributed by atoms with Crippen LogP contribution >= 0.6 is 0 Å². The summed E-state index contributed by atoms with van der Waals surface area (Å²) in [6.07, 6.45) is 3.00. The topological polar surface area (TPSA) is 122 Å². The molecule has 226 valence electrons. The van der Waals surface area contributed by atoms with Crippen LogP contribution in [0.25, 0.3) is 0 Å². The van der Waals surface area contributed by atoms with E-state index in [0.29, 0.717) is 12.1 Å². The summed E-state index contributed by atoms with van der Waals surface area (Å²) in [5.74, 6) is -3.09. The SMILES string of the molecule is CC(C)(C)OC(=O)C[C@H]1C/C=C\C[C@@H](CC(=O)N(CCO)Cc2ccccc2)C(=O)NC[C@@H](c2ccccc2)OC1=O. The zero-order valence-corrected chi connectivity index (χ0v) is 24.7. The lowest BCUT2D eigenvalue weighted by molar-refractivity contribution is -0.164. The molecule has 2 amide bonds. The molecule has 1 aliphatic rings. The number of carbonyl (C=O) groups is 4. The molecule has 0 saturated carbocycles. The highest BCUT2D eigenvalue weighted by Gasteiger charge is 2.30. The van der Waals surface area contributed by atoms with Gasteiger partial charge in [-0.05, 0) is 44.7 Å². The highest BCUT2D eigenvalue weighted by Crippen LogP contribution is 2.24. The molecule has 1 heterocycles. The summed E-state index contributed by atoms with van der Waals surface area (Å²) >= 11 is 0. The van der Waals surface area contributed by atoms with Crippen LogP contribution < -0.4 is 5.32 Å². The fraction of sp³-hybridized carbons (Fsp3) is 0.455. The predicted octanol–water partition coefficient (Wildman–Crippen LogP) is 4.11. The summed E-state index contributed by atoms with van der Waals surface area (Å²) in [6, 6.07) is 18.5. The van der Waals surface area contributed by atoms with E-state index in [4.69, 9.17) is 9.47 Å². The number of aliphatic hydroxyl groups is 1. The molecule has 0 saturated heterocycles. The maximum Gasteiger partial charge on any atom is 0.310 e. The van der Waals surface area contributed by atoms with Crippen molar-refractivity contribution in [2.24, 2.45) is 11.8 Å². The van der Waals surface area contributed by atoms with E-state index in [2.05, 4.69) is 5.32 Å². The number of rotatable bonds is 9. The highest BCUT2D eigenvalue weighted by atomic mass is 16.6. The molecule has 42 heavy (non-hydrogen) atoms. The van der Waals surface area contributed by atoms with Crippen molar-refractivity contribution in [2.45, 2.75) is 64.7 Å². The van der Waals surface area contributed by atoms with Crippen molar-refractivity contribution in [3.05, 3.63) is 83.9 Å². The van der Waals surface area contributed by atoms with Crippen molar-refractivity contribution in [3.8, 4) is 0 Å². The molecule has 9 nitrogen and oxygen atoms in total. The molecule has 0 aromatic heterocycles. The second kappa shape index (κ2) is 15.9. The second-order valence-electron chi connectivity index (χ2n) is 11.4. The van der Waals surface area contributed by atoms with Crippen molar-refractivity contribution in [2.75, 3.05) is 19.7 Å². The molecule has 2 aromatic carbocycles. The van der Waals surface area contributed by atoms with Crippen LogP contribution in [0.15, 0.2) is 72.8 Å². The monoisotopic (exact) mass is 578 g/mol. The van der Waals surface area contributed by atoms with Crippen LogP contribution in [-0.4, -0.2) is 59.1 Å². The number of nitrogens with zero attached hydrogens (tertiary/aromatic N) is 1. The maximum atomic E-state index is 13.3. The third-order valence-electron chi connectivity index (χ3n) is 6.80. The summed E-state index contributed by atoms with van der Waals surface area (Å²) in [5.41, 5.74) is 0.925. The summed E-state index contributed by atoms with van der Waals surface area (Å²) in [4.78, 5) is 54.1. The van der Waals surface area contributed by atoms with Crippen molar-refractivity contribution >= 4 is 23.8 Å². The summed E-state index contributed by atoms with van der Waals surface area (Å²) in [7, 11) is 0. The Balaban J connectivity index is 1.81. The van der Waals surface area contributed by atoms with Gasteiger partial charge in [0.25, 0.3) is 0 Å². The number of hydrogen-bond donors (Lipinski definition) is 2. The second-order valence-corrected chi connectivity index (χ2v) is 11.4. The first-order valence-corrected chi connectivity index (χ1v) is 14.4. The molecular weight excluding hydrogens is 536 g/mol. The number of benzene rings is 2. The molecule has 2 N–H and O–H groups in total. The zero-order valence-electron chi connectivity index (χ0n) is 24.7. The number of amides is 2. The van der Waals surface area contributed by atoms with E-state index in [1.165, 1.54) is 0 Å². The maximum absolute atomic E-state index is 13.3. The van der Waals surface area contributed by atoms with Crippen molar-refractivity contribution in [3.63, 3.8) is 0 Å². The van der Waals surface area contributed by atoms with Crippen LogP contribution in [-0.2, 0) is 35.2 Å². The zero-order chi connectivity index (χ0) is 30.5. The molecule has 0 bridgehead atoms. The van der Waals surface area contributed by atoms with Gasteiger partial charge in [-0.1, -0.05) is 72.8 Å². The Bertz CT molecular complexity index is 1210. The molecular formula is C33H42N2O7. The van der Waals surface area contributed by atoms with Gasteiger partial charge in [0.15, 0.2) is 0 Å². The van der Waals surface area contributed by atoms with Crippen molar-refractivity contribution < 1.29 is 33.8 Å². The predicted molar refractivity (Wildman–Crippen MR) is 158 cm³/mol. The van der Waals surface area contributed by atoms with Gasteiger partial charge in [0.1, 0.15) is 11.7 Å². The van der Waals surface area contributed by atoms with Crippen LogP contribution in [0.4, 0.5) is 0 Å². The van der Waals surface area contributed by atoms with E-state index in [0.717, 1.165) is 5.56 Å². The fourth-order valence-corrected chi connectivity index (χ4v) is 4.68. The minimum absolute atomic E-state index is 0.00647. The Morgan fingerprint density at radius 3 is 2.19 bits per heavy atom. The lowest BCUT2D eigenvalue weighted by Crippen LogP contribution is -2.40. The van der Waals surface area contributed by atoms with E-state index in [1.54, 1.807) is 50.0 Å². The molecule has 0 spiro atoms. The Labute approximate surface area is 247 Å². The van der Waals surface area contributed by atoms with E-state index in [1.807, 2.05) is 48.5 Å². The van der Waals surface area contributed by atoms with Crippen LogP contribution in [0, 0.1) is 11.8 Å². The quantitative estimate of drug-likeness (QED) is 0.339. The number of esters is 2. The molecule has 3 atom stereocenters. The smallest absolute Gasteiger partial charge is 0.310 e. The fourth-order valence-electron chi connectivity index (χ4n) is 4.68. The number of ether oxygens (including phenoxy) is 2. The highest BCUT2D eigenvalue weighted by molar-refractivity contribution is 5.86.